The van der Waals surface area contributed by atoms with Crippen molar-refractivity contribution in [1.82, 2.24) is 14.9 Å². The van der Waals surface area contributed by atoms with Gasteiger partial charge in [-0.15, -0.1) is 0 Å². The smallest absolute Gasteiger partial charge is 0.178 e. The highest BCUT2D eigenvalue weighted by atomic mass is 35.5. The molecule has 6 heteroatoms. The summed E-state index contributed by atoms with van der Waals surface area (Å²) in [7, 11) is 0. The number of aromatic amines is 2. The Balaban J connectivity index is 1.38. The van der Waals surface area contributed by atoms with Crippen molar-refractivity contribution in [2.24, 2.45) is 0 Å². The van der Waals surface area contributed by atoms with Crippen LogP contribution in [0.15, 0.2) is 60.9 Å². The van der Waals surface area contributed by atoms with Crippen LogP contribution in [0.5, 0.6) is 5.75 Å². The molecule has 1 aliphatic rings. The second-order valence-electron chi connectivity index (χ2n) is 7.81. The van der Waals surface area contributed by atoms with Crippen LogP contribution in [0.25, 0.3) is 27.4 Å². The number of halogens is 1. The van der Waals surface area contributed by atoms with Gasteiger partial charge in [0.15, 0.2) is 6.23 Å². The van der Waals surface area contributed by atoms with Crippen molar-refractivity contribution in [3.8, 4) is 5.75 Å². The van der Waals surface area contributed by atoms with E-state index in [1.54, 1.807) is 6.92 Å². The monoisotopic (exact) mass is 421 g/mol. The SMILES string of the molecule is CC(O)C(Oc1cccc2[nH]ccc12)N1CC=C(c2c[nH]c3cc(Cl)ccc23)CC1. The summed E-state index contributed by atoms with van der Waals surface area (Å²) >= 11 is 6.11. The lowest BCUT2D eigenvalue weighted by Crippen LogP contribution is -2.48. The zero-order valence-electron chi connectivity index (χ0n) is 16.7. The first-order valence-electron chi connectivity index (χ1n) is 10.2. The minimum absolute atomic E-state index is 0.412. The van der Waals surface area contributed by atoms with Crippen LogP contribution in [0.1, 0.15) is 18.9 Å². The molecular formula is C24H24ClN3O2. The van der Waals surface area contributed by atoms with Gasteiger partial charge in [0, 0.05) is 57.9 Å². The number of hydrogen-bond donors (Lipinski definition) is 3. The van der Waals surface area contributed by atoms with Crippen LogP contribution in [0.3, 0.4) is 0 Å². The van der Waals surface area contributed by atoms with Gasteiger partial charge in [-0.25, -0.2) is 0 Å². The number of aromatic nitrogens is 2. The minimum atomic E-state index is -0.621. The van der Waals surface area contributed by atoms with Crippen LogP contribution >= 0.6 is 11.6 Å². The Morgan fingerprint density at radius 3 is 2.80 bits per heavy atom. The Hall–Kier alpha value is -2.73. The third-order valence-corrected chi connectivity index (χ3v) is 6.04. The molecule has 0 radical (unpaired) electrons. The second-order valence-corrected chi connectivity index (χ2v) is 8.25. The molecule has 1 aliphatic heterocycles. The van der Waals surface area contributed by atoms with Crippen LogP contribution in [-0.4, -0.2) is 45.4 Å². The molecular weight excluding hydrogens is 398 g/mol. The number of aliphatic hydroxyl groups excluding tert-OH is 1. The maximum absolute atomic E-state index is 10.5. The molecule has 5 nitrogen and oxygen atoms in total. The normalized spacial score (nSPS) is 17.2. The number of hydrogen-bond acceptors (Lipinski definition) is 3. The molecule has 0 spiro atoms. The fourth-order valence-corrected chi connectivity index (χ4v) is 4.46. The molecule has 154 valence electrons. The molecule has 5 rings (SSSR count). The molecule has 0 bridgehead atoms. The predicted octanol–water partition coefficient (Wildman–Crippen LogP) is 5.18. The van der Waals surface area contributed by atoms with Crippen molar-refractivity contribution in [3.05, 3.63) is 71.5 Å². The predicted molar refractivity (Wildman–Crippen MR) is 122 cm³/mol. The van der Waals surface area contributed by atoms with Crippen LogP contribution in [0, 0.1) is 0 Å². The summed E-state index contributed by atoms with van der Waals surface area (Å²) in [4.78, 5) is 8.71. The average molecular weight is 422 g/mol. The van der Waals surface area contributed by atoms with Crippen molar-refractivity contribution in [3.63, 3.8) is 0 Å². The lowest BCUT2D eigenvalue weighted by Gasteiger charge is -2.35. The standard InChI is InChI=1S/C24H24ClN3O2/c1-15(29)24(30-23-4-2-3-21-19(23)7-10-26-21)28-11-8-16(9-12-28)20-14-27-22-13-17(25)5-6-18(20)22/h2-8,10,13-15,24,26-27,29H,9,11-12H2,1H3. The third kappa shape index (κ3) is 3.49. The summed E-state index contributed by atoms with van der Waals surface area (Å²) in [6.07, 6.45) is 6.04. The van der Waals surface area contributed by atoms with E-state index in [9.17, 15) is 5.11 Å². The second kappa shape index (κ2) is 7.84. The van der Waals surface area contributed by atoms with Crippen molar-refractivity contribution in [2.75, 3.05) is 13.1 Å². The number of aliphatic hydroxyl groups is 1. The first kappa shape index (κ1) is 19.2. The average Bonchev–Trinajstić information content (AvgIpc) is 3.39. The van der Waals surface area contributed by atoms with Gasteiger partial charge in [0.25, 0.3) is 0 Å². The van der Waals surface area contributed by atoms with Crippen molar-refractivity contribution < 1.29 is 9.84 Å². The Kier molecular flexibility index (Phi) is 5.03. The number of nitrogens with zero attached hydrogens (tertiary/aromatic N) is 1. The Morgan fingerprint density at radius 1 is 1.10 bits per heavy atom. The van der Waals surface area contributed by atoms with E-state index in [4.69, 9.17) is 16.3 Å². The highest BCUT2D eigenvalue weighted by molar-refractivity contribution is 6.31. The van der Waals surface area contributed by atoms with Crippen molar-refractivity contribution >= 4 is 39.0 Å². The minimum Gasteiger partial charge on any atom is -0.472 e. The number of ether oxygens (including phenoxy) is 1. The van der Waals surface area contributed by atoms with Gasteiger partial charge in [0.1, 0.15) is 11.9 Å². The Morgan fingerprint density at radius 2 is 2.00 bits per heavy atom. The molecule has 3 N–H and O–H groups in total. The van der Waals surface area contributed by atoms with Gasteiger partial charge in [-0.3, -0.25) is 4.90 Å². The summed E-state index contributed by atoms with van der Waals surface area (Å²) in [5.41, 5.74) is 4.59. The lowest BCUT2D eigenvalue weighted by molar-refractivity contribution is -0.0528. The number of rotatable bonds is 5. The fraction of sp³-hybridized carbons (Fsp3) is 0.250. The van der Waals surface area contributed by atoms with Gasteiger partial charge >= 0.3 is 0 Å². The van der Waals surface area contributed by atoms with Gasteiger partial charge in [0.2, 0.25) is 0 Å². The zero-order chi connectivity index (χ0) is 20.7. The maximum atomic E-state index is 10.5. The van der Waals surface area contributed by atoms with Crippen LogP contribution in [0.4, 0.5) is 0 Å². The first-order chi connectivity index (χ1) is 14.6. The van der Waals surface area contributed by atoms with E-state index < -0.39 is 12.3 Å². The molecule has 0 aliphatic carbocycles. The molecule has 2 aromatic heterocycles. The molecule has 0 saturated carbocycles. The quantitative estimate of drug-likeness (QED) is 0.416. The van der Waals surface area contributed by atoms with Gasteiger partial charge in [-0.1, -0.05) is 29.8 Å². The largest absolute Gasteiger partial charge is 0.472 e. The molecule has 3 heterocycles. The fourth-order valence-electron chi connectivity index (χ4n) is 4.29. The molecule has 4 aromatic rings. The summed E-state index contributed by atoms with van der Waals surface area (Å²) in [5.74, 6) is 0.780. The van der Waals surface area contributed by atoms with Gasteiger partial charge < -0.3 is 19.8 Å². The van der Waals surface area contributed by atoms with Crippen molar-refractivity contribution in [1.29, 1.82) is 0 Å². The van der Waals surface area contributed by atoms with Crippen LogP contribution < -0.4 is 4.74 Å². The lowest BCUT2D eigenvalue weighted by atomic mass is 9.98. The molecule has 0 amide bonds. The number of benzene rings is 2. The molecule has 2 aromatic carbocycles. The van der Waals surface area contributed by atoms with E-state index in [1.165, 1.54) is 16.5 Å². The molecule has 0 saturated heterocycles. The molecule has 2 unspecified atom stereocenters. The van der Waals surface area contributed by atoms with E-state index in [2.05, 4.69) is 33.2 Å². The van der Waals surface area contributed by atoms with E-state index in [0.29, 0.717) is 6.54 Å². The van der Waals surface area contributed by atoms with E-state index in [0.717, 1.165) is 40.2 Å². The number of fused-ring (bicyclic) bond motifs is 2. The zero-order valence-corrected chi connectivity index (χ0v) is 17.5. The summed E-state index contributed by atoms with van der Waals surface area (Å²) in [5, 5.41) is 13.4. The Labute approximate surface area is 179 Å². The van der Waals surface area contributed by atoms with E-state index in [1.807, 2.05) is 42.6 Å². The maximum Gasteiger partial charge on any atom is 0.178 e. The van der Waals surface area contributed by atoms with Gasteiger partial charge in [0.05, 0.1) is 0 Å². The van der Waals surface area contributed by atoms with E-state index in [-0.39, 0.29) is 0 Å². The topological polar surface area (TPSA) is 64.3 Å². The van der Waals surface area contributed by atoms with Gasteiger partial charge in [-0.2, -0.15) is 0 Å². The molecule has 2 atom stereocenters. The third-order valence-electron chi connectivity index (χ3n) is 5.81. The molecule has 0 fully saturated rings. The molecule has 30 heavy (non-hydrogen) atoms. The van der Waals surface area contributed by atoms with Gasteiger partial charge in [-0.05, 0) is 49.2 Å². The van der Waals surface area contributed by atoms with Crippen LogP contribution in [0.2, 0.25) is 5.02 Å². The number of nitrogens with one attached hydrogen (secondary N) is 2. The highest BCUT2D eigenvalue weighted by Gasteiger charge is 2.28. The van der Waals surface area contributed by atoms with Crippen molar-refractivity contribution in [2.45, 2.75) is 25.7 Å². The Bertz CT molecular complexity index is 1220. The summed E-state index contributed by atoms with van der Waals surface area (Å²) in [6, 6.07) is 13.9. The van der Waals surface area contributed by atoms with E-state index >= 15 is 0 Å². The summed E-state index contributed by atoms with van der Waals surface area (Å²) < 4.78 is 6.30. The highest BCUT2D eigenvalue weighted by Crippen LogP contribution is 2.32. The summed E-state index contributed by atoms with van der Waals surface area (Å²) in [6.45, 7) is 3.31. The number of H-pyrrole nitrogens is 2. The first-order valence-corrected chi connectivity index (χ1v) is 10.6. The van der Waals surface area contributed by atoms with Crippen LogP contribution in [-0.2, 0) is 0 Å².